The molecule has 1 aromatic carbocycles. The van der Waals surface area contributed by atoms with Crippen molar-refractivity contribution in [1.29, 1.82) is 0 Å². The van der Waals surface area contributed by atoms with Crippen LogP contribution in [0.1, 0.15) is 63.5 Å². The number of fused-ring (bicyclic) bond motifs is 1. The number of carbonyl (C=O) groups is 3. The lowest BCUT2D eigenvalue weighted by atomic mass is 9.92. The predicted octanol–water partition coefficient (Wildman–Crippen LogP) is 2.54. The molecule has 2 N–H and O–H groups in total. The van der Waals surface area contributed by atoms with E-state index in [1.807, 2.05) is 11.0 Å². The Labute approximate surface area is 206 Å². The number of ether oxygens (including phenoxy) is 3. The molecule has 3 aliphatic rings. The summed E-state index contributed by atoms with van der Waals surface area (Å²) in [4.78, 5) is 40.3. The molecule has 9 nitrogen and oxygen atoms in total. The SMILES string of the molecule is CCOC(=O)C[C@@H](NC(=O)[C@@H]1CCCN(C(=O)CCC2CCNCC2)C1)c1ccc2c(c1)OCO2. The zero-order valence-corrected chi connectivity index (χ0v) is 20.6. The van der Waals surface area contributed by atoms with Gasteiger partial charge in [-0.15, -0.1) is 0 Å². The van der Waals surface area contributed by atoms with E-state index in [4.69, 9.17) is 14.2 Å². The van der Waals surface area contributed by atoms with Crippen molar-refractivity contribution in [2.24, 2.45) is 11.8 Å². The number of piperidine rings is 2. The van der Waals surface area contributed by atoms with Gasteiger partial charge in [0, 0.05) is 19.5 Å². The van der Waals surface area contributed by atoms with Crippen molar-refractivity contribution in [3.05, 3.63) is 23.8 Å². The lowest BCUT2D eigenvalue weighted by molar-refractivity contribution is -0.144. The Morgan fingerprint density at radius 1 is 1.17 bits per heavy atom. The normalized spacial score (nSPS) is 20.8. The first-order valence-electron chi connectivity index (χ1n) is 12.9. The summed E-state index contributed by atoms with van der Waals surface area (Å²) in [6.45, 7) is 5.36. The minimum absolute atomic E-state index is 0.0187. The van der Waals surface area contributed by atoms with E-state index in [-0.39, 0.29) is 43.5 Å². The van der Waals surface area contributed by atoms with E-state index in [0.717, 1.165) is 50.8 Å². The second kappa shape index (κ2) is 12.2. The molecule has 2 fully saturated rings. The molecule has 2 amide bonds. The monoisotopic (exact) mass is 487 g/mol. The van der Waals surface area contributed by atoms with Gasteiger partial charge in [-0.1, -0.05) is 6.07 Å². The average Bonchev–Trinajstić information content (AvgIpc) is 3.36. The Bertz CT molecular complexity index is 901. The van der Waals surface area contributed by atoms with E-state index in [9.17, 15) is 14.4 Å². The maximum Gasteiger partial charge on any atom is 0.308 e. The van der Waals surface area contributed by atoms with Gasteiger partial charge < -0.3 is 29.7 Å². The molecule has 3 aliphatic heterocycles. The summed E-state index contributed by atoms with van der Waals surface area (Å²) in [5.74, 6) is 1.15. The third-order valence-electron chi connectivity index (χ3n) is 7.16. The molecule has 2 atom stereocenters. The smallest absolute Gasteiger partial charge is 0.308 e. The highest BCUT2D eigenvalue weighted by Crippen LogP contribution is 2.35. The number of amides is 2. The fraction of sp³-hybridized carbons (Fsp3) is 0.654. The molecule has 9 heteroatoms. The molecule has 0 bridgehead atoms. The van der Waals surface area contributed by atoms with Crippen molar-refractivity contribution in [2.75, 3.05) is 39.6 Å². The molecule has 0 aliphatic carbocycles. The molecule has 0 spiro atoms. The van der Waals surface area contributed by atoms with Crippen LogP contribution in [0.25, 0.3) is 0 Å². The lowest BCUT2D eigenvalue weighted by Gasteiger charge is -2.33. The fourth-order valence-electron chi connectivity index (χ4n) is 5.13. The first-order valence-corrected chi connectivity index (χ1v) is 12.9. The average molecular weight is 488 g/mol. The van der Waals surface area contributed by atoms with E-state index in [2.05, 4.69) is 10.6 Å². The summed E-state index contributed by atoms with van der Waals surface area (Å²) in [7, 11) is 0. The van der Waals surface area contributed by atoms with Gasteiger partial charge >= 0.3 is 5.97 Å². The number of rotatable bonds is 9. The van der Waals surface area contributed by atoms with E-state index in [0.29, 0.717) is 36.9 Å². The Hall–Kier alpha value is -2.81. The van der Waals surface area contributed by atoms with Gasteiger partial charge in [-0.3, -0.25) is 14.4 Å². The number of nitrogens with zero attached hydrogens (tertiary/aromatic N) is 1. The second-order valence-electron chi connectivity index (χ2n) is 9.59. The predicted molar refractivity (Wildman–Crippen MR) is 129 cm³/mol. The molecular weight excluding hydrogens is 450 g/mol. The van der Waals surface area contributed by atoms with E-state index in [1.165, 1.54) is 0 Å². The zero-order valence-electron chi connectivity index (χ0n) is 20.6. The summed E-state index contributed by atoms with van der Waals surface area (Å²) < 4.78 is 16.0. The number of nitrogens with one attached hydrogen (secondary N) is 2. The third-order valence-corrected chi connectivity index (χ3v) is 7.16. The van der Waals surface area contributed by atoms with Gasteiger partial charge in [0.05, 0.1) is 25.0 Å². The molecule has 0 aromatic heterocycles. The summed E-state index contributed by atoms with van der Waals surface area (Å²) in [5.41, 5.74) is 0.751. The third kappa shape index (κ3) is 6.87. The molecule has 0 radical (unpaired) electrons. The van der Waals surface area contributed by atoms with Crippen LogP contribution in [-0.4, -0.2) is 62.3 Å². The van der Waals surface area contributed by atoms with Crippen molar-refractivity contribution in [3.63, 3.8) is 0 Å². The number of esters is 1. The van der Waals surface area contributed by atoms with Gasteiger partial charge in [0.1, 0.15) is 0 Å². The van der Waals surface area contributed by atoms with Crippen LogP contribution in [0.4, 0.5) is 0 Å². The van der Waals surface area contributed by atoms with E-state index < -0.39 is 6.04 Å². The number of carbonyl (C=O) groups excluding carboxylic acids is 3. The molecular formula is C26H37N3O6. The highest BCUT2D eigenvalue weighted by molar-refractivity contribution is 5.82. The van der Waals surface area contributed by atoms with Crippen LogP contribution in [0.2, 0.25) is 0 Å². The van der Waals surface area contributed by atoms with Crippen LogP contribution < -0.4 is 20.1 Å². The molecule has 3 heterocycles. The van der Waals surface area contributed by atoms with Gasteiger partial charge in [-0.2, -0.15) is 0 Å². The molecule has 35 heavy (non-hydrogen) atoms. The summed E-state index contributed by atoms with van der Waals surface area (Å²) in [6.07, 6.45) is 5.24. The van der Waals surface area contributed by atoms with Crippen LogP contribution in [-0.2, 0) is 19.1 Å². The maximum absolute atomic E-state index is 13.3. The second-order valence-corrected chi connectivity index (χ2v) is 9.59. The van der Waals surface area contributed by atoms with E-state index >= 15 is 0 Å². The molecule has 1 aromatic rings. The standard InChI is InChI=1S/C26H37N3O6/c1-2-33-25(31)15-21(19-6-7-22-23(14-19)35-17-34-22)28-26(32)20-4-3-13-29(16-20)24(30)8-5-18-9-11-27-12-10-18/h6-7,14,18,20-21,27H,2-5,8-13,15-17H2,1H3,(H,28,32)/t20-,21-/m1/s1. The van der Waals surface area contributed by atoms with Crippen molar-refractivity contribution < 1.29 is 28.6 Å². The van der Waals surface area contributed by atoms with Crippen LogP contribution in [0.3, 0.4) is 0 Å². The maximum atomic E-state index is 13.3. The van der Waals surface area contributed by atoms with Gasteiger partial charge in [0.2, 0.25) is 18.6 Å². The zero-order chi connectivity index (χ0) is 24.6. The van der Waals surface area contributed by atoms with Crippen molar-refractivity contribution in [3.8, 4) is 11.5 Å². The van der Waals surface area contributed by atoms with Crippen molar-refractivity contribution in [2.45, 2.75) is 57.9 Å². The topological polar surface area (TPSA) is 106 Å². The number of hydrogen-bond acceptors (Lipinski definition) is 7. The highest BCUT2D eigenvalue weighted by atomic mass is 16.7. The van der Waals surface area contributed by atoms with Crippen LogP contribution in [0, 0.1) is 11.8 Å². The molecule has 4 rings (SSSR count). The quantitative estimate of drug-likeness (QED) is 0.516. The van der Waals surface area contributed by atoms with Crippen molar-refractivity contribution >= 4 is 17.8 Å². The molecule has 192 valence electrons. The van der Waals surface area contributed by atoms with Crippen LogP contribution in [0.15, 0.2) is 18.2 Å². The van der Waals surface area contributed by atoms with Gasteiger partial charge in [0.15, 0.2) is 11.5 Å². The number of hydrogen-bond donors (Lipinski definition) is 2. The fourth-order valence-corrected chi connectivity index (χ4v) is 5.13. The molecule has 0 unspecified atom stereocenters. The van der Waals surface area contributed by atoms with Gasteiger partial charge in [-0.05, 0) is 75.7 Å². The lowest BCUT2D eigenvalue weighted by Crippen LogP contribution is -2.46. The summed E-state index contributed by atoms with van der Waals surface area (Å²) in [5, 5.41) is 6.41. The Kier molecular flexibility index (Phi) is 8.84. The first kappa shape index (κ1) is 25.3. The number of likely N-dealkylation sites (tertiary alicyclic amines) is 1. The first-order chi connectivity index (χ1) is 17.0. The minimum Gasteiger partial charge on any atom is -0.466 e. The van der Waals surface area contributed by atoms with Gasteiger partial charge in [0.25, 0.3) is 0 Å². The van der Waals surface area contributed by atoms with Crippen LogP contribution in [0.5, 0.6) is 11.5 Å². The van der Waals surface area contributed by atoms with Crippen LogP contribution >= 0.6 is 0 Å². The van der Waals surface area contributed by atoms with E-state index in [1.54, 1.807) is 19.1 Å². The van der Waals surface area contributed by atoms with Gasteiger partial charge in [-0.25, -0.2) is 0 Å². The molecule has 2 saturated heterocycles. The molecule has 0 saturated carbocycles. The number of benzene rings is 1. The Morgan fingerprint density at radius 2 is 1.97 bits per heavy atom. The highest BCUT2D eigenvalue weighted by Gasteiger charge is 2.31. The summed E-state index contributed by atoms with van der Waals surface area (Å²) in [6, 6.07) is 4.85. The Morgan fingerprint density at radius 3 is 2.77 bits per heavy atom. The minimum atomic E-state index is -0.554. The Balaban J connectivity index is 1.36. The largest absolute Gasteiger partial charge is 0.466 e. The van der Waals surface area contributed by atoms with Crippen molar-refractivity contribution in [1.82, 2.24) is 15.5 Å². The summed E-state index contributed by atoms with van der Waals surface area (Å²) >= 11 is 0.